The lowest BCUT2D eigenvalue weighted by molar-refractivity contribution is -0.118. The molecule has 0 aliphatic rings. The number of hydrogen-bond acceptors (Lipinski definition) is 2. The Morgan fingerprint density at radius 3 is 2.17 bits per heavy atom. The molecule has 0 heterocycles. The van der Waals surface area contributed by atoms with E-state index in [1.54, 1.807) is 0 Å². The van der Waals surface area contributed by atoms with Crippen molar-refractivity contribution < 1.29 is 6.22 Å². The standard InChI is InChI=1S/C6H13NOS.C3H8.H2/c1-5(2)3-7-6(8)4-9;1-3-2;/h5,9H,3-4H2,1-2H3,(H,7,8);3H2,1-2H3;1H. The Bertz CT molecular complexity index is 110. The maximum atomic E-state index is 10.5. The third kappa shape index (κ3) is 16.4. The Labute approximate surface area is 83.0 Å². The van der Waals surface area contributed by atoms with Gasteiger partial charge in [-0.15, -0.1) is 0 Å². The number of amides is 1. The van der Waals surface area contributed by atoms with Crippen molar-refractivity contribution >= 4 is 18.5 Å². The summed E-state index contributed by atoms with van der Waals surface area (Å²) >= 11 is 3.81. The van der Waals surface area contributed by atoms with Gasteiger partial charge in [-0.3, -0.25) is 4.79 Å². The molecule has 0 aromatic carbocycles. The SMILES string of the molecule is CC(C)CNC(=O)CS.CCC.[HH]. The fourth-order valence-corrected chi connectivity index (χ4v) is 0.486. The molecule has 0 rings (SSSR count). The van der Waals surface area contributed by atoms with Crippen LogP contribution in [0.4, 0.5) is 0 Å². The van der Waals surface area contributed by atoms with E-state index in [1.165, 1.54) is 6.42 Å². The molecule has 0 spiro atoms. The van der Waals surface area contributed by atoms with Gasteiger partial charge in [0.15, 0.2) is 0 Å². The van der Waals surface area contributed by atoms with Gasteiger partial charge in [-0.1, -0.05) is 34.1 Å². The van der Waals surface area contributed by atoms with E-state index in [0.717, 1.165) is 6.54 Å². The van der Waals surface area contributed by atoms with Crippen molar-refractivity contribution in [3.8, 4) is 0 Å². The van der Waals surface area contributed by atoms with Crippen LogP contribution in [-0.2, 0) is 4.79 Å². The van der Waals surface area contributed by atoms with Crippen molar-refractivity contribution in [2.75, 3.05) is 12.3 Å². The van der Waals surface area contributed by atoms with Gasteiger partial charge in [-0.05, 0) is 5.92 Å². The molecule has 0 radical (unpaired) electrons. The minimum absolute atomic E-state index is 0. The summed E-state index contributed by atoms with van der Waals surface area (Å²) in [5.41, 5.74) is 0. The molecule has 0 aliphatic carbocycles. The van der Waals surface area contributed by atoms with Crippen molar-refractivity contribution in [2.45, 2.75) is 34.1 Å². The van der Waals surface area contributed by atoms with Crippen molar-refractivity contribution in [3.05, 3.63) is 0 Å². The fraction of sp³-hybridized carbons (Fsp3) is 0.889. The second-order valence-electron chi connectivity index (χ2n) is 3.06. The second-order valence-corrected chi connectivity index (χ2v) is 3.38. The molecule has 0 fully saturated rings. The average molecular weight is 193 g/mol. The quantitative estimate of drug-likeness (QED) is 0.662. The highest BCUT2D eigenvalue weighted by Crippen LogP contribution is 1.86. The zero-order valence-electron chi connectivity index (χ0n) is 8.55. The largest absolute Gasteiger partial charge is 0.355 e. The summed E-state index contributed by atoms with van der Waals surface area (Å²) in [6.07, 6.45) is 1.25. The van der Waals surface area contributed by atoms with Gasteiger partial charge in [0.05, 0.1) is 5.75 Å². The number of rotatable bonds is 3. The van der Waals surface area contributed by atoms with Crippen molar-refractivity contribution in [1.29, 1.82) is 0 Å². The molecule has 0 saturated heterocycles. The van der Waals surface area contributed by atoms with E-state index in [1.807, 2.05) is 0 Å². The highest BCUT2D eigenvalue weighted by atomic mass is 32.1. The fourth-order valence-electron chi connectivity index (χ4n) is 0.374. The van der Waals surface area contributed by atoms with Crippen LogP contribution in [0.25, 0.3) is 0 Å². The first-order valence-electron chi connectivity index (χ1n) is 4.45. The van der Waals surface area contributed by atoms with E-state index in [2.05, 4.69) is 45.6 Å². The van der Waals surface area contributed by atoms with E-state index in [4.69, 9.17) is 0 Å². The first-order chi connectivity index (χ1) is 5.58. The molecule has 0 atom stereocenters. The van der Waals surface area contributed by atoms with Gasteiger partial charge in [0.2, 0.25) is 5.91 Å². The van der Waals surface area contributed by atoms with Gasteiger partial charge < -0.3 is 5.32 Å². The lowest BCUT2D eigenvalue weighted by atomic mass is 10.2. The van der Waals surface area contributed by atoms with E-state index in [-0.39, 0.29) is 13.1 Å². The van der Waals surface area contributed by atoms with Gasteiger partial charge in [0.25, 0.3) is 0 Å². The maximum absolute atomic E-state index is 10.5. The van der Waals surface area contributed by atoms with Crippen LogP contribution in [0, 0.1) is 5.92 Å². The summed E-state index contributed by atoms with van der Waals surface area (Å²) in [5, 5.41) is 2.72. The molecule has 1 N–H and O–H groups in total. The Morgan fingerprint density at radius 1 is 1.50 bits per heavy atom. The molecule has 0 aromatic rings. The highest BCUT2D eigenvalue weighted by molar-refractivity contribution is 7.81. The number of nitrogens with one attached hydrogen (secondary N) is 1. The predicted octanol–water partition coefficient (Wildman–Crippen LogP) is 2.35. The van der Waals surface area contributed by atoms with E-state index in [9.17, 15) is 4.79 Å². The third-order valence-electron chi connectivity index (χ3n) is 0.851. The minimum Gasteiger partial charge on any atom is -0.355 e. The lowest BCUT2D eigenvalue weighted by Gasteiger charge is -2.04. The Hall–Kier alpha value is -0.180. The topological polar surface area (TPSA) is 29.1 Å². The minimum atomic E-state index is 0. The van der Waals surface area contributed by atoms with Crippen molar-refractivity contribution in [3.63, 3.8) is 0 Å². The zero-order chi connectivity index (χ0) is 9.98. The summed E-state index contributed by atoms with van der Waals surface area (Å²) < 4.78 is 0. The normalized spacial score (nSPS) is 8.83. The molecule has 12 heavy (non-hydrogen) atoms. The number of carbonyl (C=O) groups is 1. The van der Waals surface area contributed by atoms with Gasteiger partial charge >= 0.3 is 0 Å². The zero-order valence-corrected chi connectivity index (χ0v) is 9.45. The Balaban J connectivity index is -0.000000220. The van der Waals surface area contributed by atoms with E-state index < -0.39 is 0 Å². The number of carbonyl (C=O) groups excluding carboxylic acids is 1. The lowest BCUT2D eigenvalue weighted by Crippen LogP contribution is -2.28. The van der Waals surface area contributed by atoms with Crippen LogP contribution in [0.2, 0.25) is 0 Å². The van der Waals surface area contributed by atoms with Gasteiger partial charge in [0, 0.05) is 7.97 Å². The van der Waals surface area contributed by atoms with Crippen LogP contribution in [0.3, 0.4) is 0 Å². The van der Waals surface area contributed by atoms with E-state index in [0.29, 0.717) is 5.92 Å². The summed E-state index contributed by atoms with van der Waals surface area (Å²) in [4.78, 5) is 10.5. The molecule has 0 aromatic heterocycles. The molecular formula is C9H23NOS. The molecule has 2 nitrogen and oxygen atoms in total. The molecule has 0 unspecified atom stereocenters. The second kappa shape index (κ2) is 10.8. The summed E-state index contributed by atoms with van der Waals surface area (Å²) in [6, 6.07) is 0. The first-order valence-corrected chi connectivity index (χ1v) is 5.09. The molecule has 1 amide bonds. The smallest absolute Gasteiger partial charge is 0.229 e. The van der Waals surface area contributed by atoms with Crippen LogP contribution in [-0.4, -0.2) is 18.2 Å². The molecule has 0 saturated carbocycles. The van der Waals surface area contributed by atoms with Crippen LogP contribution in [0.1, 0.15) is 35.5 Å². The average Bonchev–Trinajstić information content (AvgIpc) is 2.01. The van der Waals surface area contributed by atoms with Gasteiger partial charge in [-0.2, -0.15) is 12.6 Å². The highest BCUT2D eigenvalue weighted by Gasteiger charge is 1.96. The molecule has 3 heteroatoms. The molecular weight excluding hydrogens is 170 g/mol. The monoisotopic (exact) mass is 193 g/mol. The number of hydrogen-bond donors (Lipinski definition) is 2. The molecule has 0 bridgehead atoms. The number of thiol groups is 1. The summed E-state index contributed by atoms with van der Waals surface area (Å²) in [5.74, 6) is 0.813. The van der Waals surface area contributed by atoms with Crippen LogP contribution in [0.15, 0.2) is 0 Å². The van der Waals surface area contributed by atoms with Crippen LogP contribution >= 0.6 is 12.6 Å². The predicted molar refractivity (Wildman–Crippen MR) is 59.8 cm³/mol. The van der Waals surface area contributed by atoms with Crippen molar-refractivity contribution in [2.24, 2.45) is 5.92 Å². The van der Waals surface area contributed by atoms with E-state index >= 15 is 0 Å². The summed E-state index contributed by atoms with van der Waals surface area (Å²) in [6.45, 7) is 9.11. The molecule has 76 valence electrons. The Kier molecular flexibility index (Phi) is 12.9. The van der Waals surface area contributed by atoms with Crippen molar-refractivity contribution in [1.82, 2.24) is 5.32 Å². The Morgan fingerprint density at radius 2 is 1.92 bits per heavy atom. The molecule has 0 aliphatic heterocycles. The van der Waals surface area contributed by atoms with Gasteiger partial charge in [0.1, 0.15) is 0 Å². The third-order valence-corrected chi connectivity index (χ3v) is 1.14. The summed E-state index contributed by atoms with van der Waals surface area (Å²) in [7, 11) is 0. The van der Waals surface area contributed by atoms with Crippen LogP contribution in [0.5, 0.6) is 0 Å². The maximum Gasteiger partial charge on any atom is 0.229 e. The first kappa shape index (κ1) is 14.3. The van der Waals surface area contributed by atoms with Crippen LogP contribution < -0.4 is 5.32 Å². The van der Waals surface area contributed by atoms with Gasteiger partial charge in [-0.25, -0.2) is 0 Å².